The van der Waals surface area contributed by atoms with Crippen molar-refractivity contribution in [3.05, 3.63) is 70.7 Å². The van der Waals surface area contributed by atoms with E-state index in [0.29, 0.717) is 12.5 Å². The molecule has 1 aliphatic rings. The fourth-order valence-electron chi connectivity index (χ4n) is 5.67. The van der Waals surface area contributed by atoms with Crippen LogP contribution in [0, 0.1) is 11.7 Å². The number of benzene rings is 2. The van der Waals surface area contributed by atoms with Gasteiger partial charge in [0.1, 0.15) is 5.82 Å². The third-order valence-electron chi connectivity index (χ3n) is 7.95. The molecule has 0 bridgehead atoms. The number of nitrogens with zero attached hydrogens (tertiary/aromatic N) is 3. The fraction of sp³-hybridized carbons (Fsp3) is 0.484. The molecule has 0 unspecified atom stereocenters. The molecule has 2 aromatic carbocycles. The standard InChI is InChI=1S/C31H41FN4O2/c1-4-25-19-30-28(26(21-35(30)3)6-5-14-34(2)17-13-33-22-37)20-29(25)31(38)36-15-11-24(12-16-36)18-23-7-9-27(32)10-8-23/h7-10,19-22,24H,4-6,11-18H2,1-3H3,(H,33,37). The minimum atomic E-state index is -0.199. The number of fused-ring (bicyclic) bond motifs is 1. The highest BCUT2D eigenvalue weighted by Gasteiger charge is 2.26. The lowest BCUT2D eigenvalue weighted by molar-refractivity contribution is -0.109. The first kappa shape index (κ1) is 27.8. The second kappa shape index (κ2) is 13.1. The molecule has 2 heterocycles. The average Bonchev–Trinajstić information content (AvgIpc) is 3.23. The topological polar surface area (TPSA) is 57.6 Å². The molecule has 7 heteroatoms. The summed E-state index contributed by atoms with van der Waals surface area (Å²) in [5, 5.41) is 3.88. The number of piperidine rings is 1. The van der Waals surface area contributed by atoms with Crippen molar-refractivity contribution in [2.45, 2.75) is 45.4 Å². The van der Waals surface area contributed by atoms with Crippen LogP contribution in [0.15, 0.2) is 42.6 Å². The first-order chi connectivity index (χ1) is 18.4. The summed E-state index contributed by atoms with van der Waals surface area (Å²) >= 11 is 0. The van der Waals surface area contributed by atoms with Gasteiger partial charge in [0.05, 0.1) is 0 Å². The van der Waals surface area contributed by atoms with Gasteiger partial charge in [0.25, 0.3) is 5.91 Å². The zero-order valence-corrected chi connectivity index (χ0v) is 23.0. The highest BCUT2D eigenvalue weighted by molar-refractivity contribution is 6.00. The van der Waals surface area contributed by atoms with Gasteiger partial charge >= 0.3 is 0 Å². The summed E-state index contributed by atoms with van der Waals surface area (Å²) in [6, 6.07) is 11.1. The van der Waals surface area contributed by atoms with Crippen LogP contribution in [-0.4, -0.2) is 66.5 Å². The number of hydrogen-bond donors (Lipinski definition) is 1. The van der Waals surface area contributed by atoms with Gasteiger partial charge in [0, 0.05) is 55.9 Å². The van der Waals surface area contributed by atoms with Crippen molar-refractivity contribution < 1.29 is 14.0 Å². The van der Waals surface area contributed by atoms with Crippen molar-refractivity contribution in [2.75, 3.05) is 39.8 Å². The van der Waals surface area contributed by atoms with Gasteiger partial charge in [-0.1, -0.05) is 19.1 Å². The van der Waals surface area contributed by atoms with Gasteiger partial charge in [-0.25, -0.2) is 4.39 Å². The lowest BCUT2D eigenvalue weighted by Gasteiger charge is -2.32. The highest BCUT2D eigenvalue weighted by atomic mass is 19.1. The number of carbonyl (C=O) groups excluding carboxylic acids is 2. The second-order valence-corrected chi connectivity index (χ2v) is 10.7. The van der Waals surface area contributed by atoms with Crippen LogP contribution in [0.5, 0.6) is 0 Å². The van der Waals surface area contributed by atoms with E-state index < -0.39 is 0 Å². The molecule has 1 aliphatic heterocycles. The molecule has 0 aliphatic carbocycles. The first-order valence-corrected chi connectivity index (χ1v) is 13.9. The number of aromatic nitrogens is 1. The Bertz CT molecular complexity index is 1230. The van der Waals surface area contributed by atoms with E-state index in [-0.39, 0.29) is 11.7 Å². The van der Waals surface area contributed by atoms with E-state index in [1.54, 1.807) is 0 Å². The SMILES string of the molecule is CCc1cc2c(cc1C(=O)N1CCC(Cc3ccc(F)cc3)CC1)c(CCCN(C)CCNC=O)cn2C. The predicted molar refractivity (Wildman–Crippen MR) is 151 cm³/mol. The van der Waals surface area contributed by atoms with E-state index >= 15 is 0 Å². The molecule has 1 N–H and O–H groups in total. The molecule has 1 saturated heterocycles. The number of nitrogens with one attached hydrogen (secondary N) is 1. The summed E-state index contributed by atoms with van der Waals surface area (Å²) in [4.78, 5) is 28.4. The number of carbonyl (C=O) groups is 2. The number of rotatable bonds is 12. The van der Waals surface area contributed by atoms with E-state index in [9.17, 15) is 14.0 Å². The number of amides is 2. The lowest BCUT2D eigenvalue weighted by Crippen LogP contribution is -2.39. The normalized spacial score (nSPS) is 14.4. The van der Waals surface area contributed by atoms with Crippen molar-refractivity contribution in [2.24, 2.45) is 13.0 Å². The summed E-state index contributed by atoms with van der Waals surface area (Å²) in [7, 11) is 4.15. The predicted octanol–water partition coefficient (Wildman–Crippen LogP) is 4.59. The van der Waals surface area contributed by atoms with Gasteiger partial charge < -0.3 is 19.7 Å². The Labute approximate surface area is 225 Å². The van der Waals surface area contributed by atoms with Crippen molar-refractivity contribution in [3.63, 3.8) is 0 Å². The van der Waals surface area contributed by atoms with E-state index in [1.165, 1.54) is 28.6 Å². The molecule has 1 fully saturated rings. The number of halogens is 1. The number of hydrogen-bond acceptors (Lipinski definition) is 3. The van der Waals surface area contributed by atoms with Crippen LogP contribution in [0.25, 0.3) is 10.9 Å². The maximum Gasteiger partial charge on any atom is 0.254 e. The third kappa shape index (κ3) is 6.81. The van der Waals surface area contributed by atoms with Crippen LogP contribution in [0.4, 0.5) is 4.39 Å². The Morgan fingerprint density at radius 2 is 1.87 bits per heavy atom. The molecule has 6 nitrogen and oxygen atoms in total. The minimum absolute atomic E-state index is 0.140. The first-order valence-electron chi connectivity index (χ1n) is 13.9. The molecule has 3 aromatic rings. The minimum Gasteiger partial charge on any atom is -0.357 e. The van der Waals surface area contributed by atoms with Crippen LogP contribution in [-0.2, 0) is 31.1 Å². The second-order valence-electron chi connectivity index (χ2n) is 10.7. The zero-order valence-electron chi connectivity index (χ0n) is 23.0. The fourth-order valence-corrected chi connectivity index (χ4v) is 5.67. The van der Waals surface area contributed by atoms with Gasteiger partial charge in [-0.2, -0.15) is 0 Å². The van der Waals surface area contributed by atoms with Gasteiger partial charge in [0.2, 0.25) is 6.41 Å². The summed E-state index contributed by atoms with van der Waals surface area (Å²) < 4.78 is 15.4. The molecule has 0 saturated carbocycles. The third-order valence-corrected chi connectivity index (χ3v) is 7.95. The van der Waals surface area contributed by atoms with Crippen LogP contribution in [0.2, 0.25) is 0 Å². The van der Waals surface area contributed by atoms with Gasteiger partial charge in [-0.05, 0) is 99.0 Å². The summed E-state index contributed by atoms with van der Waals surface area (Å²) in [5.41, 5.74) is 5.55. The van der Waals surface area contributed by atoms with E-state index in [0.717, 1.165) is 87.8 Å². The maximum atomic E-state index is 13.7. The smallest absolute Gasteiger partial charge is 0.254 e. The number of likely N-dealkylation sites (N-methyl/N-ethyl adjacent to an activating group) is 1. The molecule has 0 atom stereocenters. The monoisotopic (exact) mass is 520 g/mol. The maximum absolute atomic E-state index is 13.7. The Balaban J connectivity index is 1.42. The molecule has 2 amide bonds. The van der Waals surface area contributed by atoms with Crippen LogP contribution < -0.4 is 5.32 Å². The Morgan fingerprint density at radius 3 is 2.55 bits per heavy atom. The van der Waals surface area contributed by atoms with E-state index in [1.807, 2.05) is 17.0 Å². The lowest BCUT2D eigenvalue weighted by atomic mass is 9.89. The van der Waals surface area contributed by atoms with Crippen molar-refractivity contribution >= 4 is 23.2 Å². The van der Waals surface area contributed by atoms with Crippen molar-refractivity contribution in [1.82, 2.24) is 19.7 Å². The summed E-state index contributed by atoms with van der Waals surface area (Å²) in [6.07, 6.45) is 8.59. The largest absolute Gasteiger partial charge is 0.357 e. The zero-order chi connectivity index (χ0) is 27.1. The highest BCUT2D eigenvalue weighted by Crippen LogP contribution is 2.29. The summed E-state index contributed by atoms with van der Waals surface area (Å²) in [6.45, 7) is 6.07. The average molecular weight is 521 g/mol. The van der Waals surface area contributed by atoms with Gasteiger partial charge in [-0.15, -0.1) is 0 Å². The molecule has 204 valence electrons. The Hall–Kier alpha value is -3.19. The van der Waals surface area contributed by atoms with Crippen LogP contribution in [0.3, 0.4) is 0 Å². The number of aryl methyl sites for hydroxylation is 3. The Kier molecular flexibility index (Phi) is 9.56. The molecular formula is C31H41FN4O2. The van der Waals surface area contributed by atoms with Gasteiger partial charge in [0.15, 0.2) is 0 Å². The molecule has 4 rings (SSSR count). The Morgan fingerprint density at radius 1 is 1.13 bits per heavy atom. The molecule has 0 spiro atoms. The van der Waals surface area contributed by atoms with E-state index in [4.69, 9.17) is 0 Å². The van der Waals surface area contributed by atoms with Crippen molar-refractivity contribution in [1.29, 1.82) is 0 Å². The molecular weight excluding hydrogens is 479 g/mol. The molecule has 1 aromatic heterocycles. The summed E-state index contributed by atoms with van der Waals surface area (Å²) in [5.74, 6) is 0.460. The number of likely N-dealkylation sites (tertiary alicyclic amines) is 1. The van der Waals surface area contributed by atoms with E-state index in [2.05, 4.69) is 54.1 Å². The van der Waals surface area contributed by atoms with Crippen LogP contribution in [0.1, 0.15) is 53.2 Å². The van der Waals surface area contributed by atoms with Crippen molar-refractivity contribution in [3.8, 4) is 0 Å². The van der Waals surface area contributed by atoms with Crippen LogP contribution >= 0.6 is 0 Å². The quantitative estimate of drug-likeness (QED) is 0.281. The molecule has 38 heavy (non-hydrogen) atoms. The molecule has 0 radical (unpaired) electrons. The van der Waals surface area contributed by atoms with Gasteiger partial charge in [-0.3, -0.25) is 9.59 Å².